The van der Waals surface area contributed by atoms with Gasteiger partial charge in [0.25, 0.3) is 0 Å². The summed E-state index contributed by atoms with van der Waals surface area (Å²) in [6.45, 7) is 15.3. The molecule has 0 bridgehead atoms. The van der Waals surface area contributed by atoms with Crippen LogP contribution in [-0.2, 0) is 27.1 Å². The third kappa shape index (κ3) is 8.15. The molecule has 0 radical (unpaired) electrons. The third-order valence-corrected chi connectivity index (χ3v) is 5.89. The van der Waals surface area contributed by atoms with Gasteiger partial charge in [0.05, 0.1) is 25.3 Å². The predicted octanol–water partition coefficient (Wildman–Crippen LogP) is 4.21. The van der Waals surface area contributed by atoms with Crippen LogP contribution in [0.2, 0.25) is 0 Å². The molecule has 1 N–H and O–H groups in total. The summed E-state index contributed by atoms with van der Waals surface area (Å²) in [5, 5.41) is 23.4. The fraction of sp³-hybridized carbons (Fsp3) is 0.731. The van der Waals surface area contributed by atoms with Crippen LogP contribution in [0.3, 0.4) is 0 Å². The number of aryl methyl sites for hydroxylation is 1. The van der Waals surface area contributed by atoms with Crippen LogP contribution in [0.1, 0.15) is 66.5 Å². The van der Waals surface area contributed by atoms with E-state index in [9.17, 15) is 20.0 Å². The van der Waals surface area contributed by atoms with Gasteiger partial charge < -0.3 is 19.3 Å². The molecule has 1 amide bonds. The molecular weight excluding hydrogens is 452 g/mol. The number of rotatable bonds is 8. The van der Waals surface area contributed by atoms with Crippen LogP contribution in [0.15, 0.2) is 24.3 Å². The lowest BCUT2D eigenvalue weighted by Crippen LogP contribution is -2.65. The van der Waals surface area contributed by atoms with E-state index in [1.54, 1.807) is 27.7 Å². The van der Waals surface area contributed by atoms with Gasteiger partial charge in [0.15, 0.2) is 6.29 Å². The minimum atomic E-state index is -1.48. The number of aliphatic hydroxyl groups excluding tert-OH is 1. The van der Waals surface area contributed by atoms with Crippen molar-refractivity contribution in [2.75, 3.05) is 13.2 Å². The van der Waals surface area contributed by atoms with Gasteiger partial charge in [-0.1, -0.05) is 52.0 Å². The first kappa shape index (κ1) is 29.0. The van der Waals surface area contributed by atoms with Crippen LogP contribution in [-0.4, -0.2) is 70.4 Å². The van der Waals surface area contributed by atoms with Gasteiger partial charge in [-0.2, -0.15) is 0 Å². The topological polar surface area (TPSA) is 111 Å². The molecule has 5 unspecified atom stereocenters. The molecule has 5 atom stereocenters. The highest BCUT2D eigenvalue weighted by Gasteiger charge is 2.48. The Morgan fingerprint density at radius 3 is 2.34 bits per heavy atom. The second-order valence-electron chi connectivity index (χ2n) is 11.4. The van der Waals surface area contributed by atoms with Crippen molar-refractivity contribution in [1.29, 1.82) is 0 Å². The second-order valence-corrected chi connectivity index (χ2v) is 11.4. The first-order chi connectivity index (χ1) is 16.1. The zero-order valence-corrected chi connectivity index (χ0v) is 22.3. The molecule has 0 saturated carbocycles. The van der Waals surface area contributed by atoms with Crippen molar-refractivity contribution in [2.45, 2.75) is 104 Å². The number of nitrogens with zero attached hydrogens (tertiary/aromatic N) is 2. The van der Waals surface area contributed by atoms with E-state index in [2.05, 4.69) is 0 Å². The summed E-state index contributed by atoms with van der Waals surface area (Å²) in [5.41, 5.74) is 0.879. The Kier molecular flexibility index (Phi) is 9.67. The normalized spacial score (nSPS) is 23.0. The Labute approximate surface area is 208 Å². The van der Waals surface area contributed by atoms with Crippen molar-refractivity contribution in [3.8, 4) is 0 Å². The average Bonchev–Trinajstić information content (AvgIpc) is 2.74. The van der Waals surface area contributed by atoms with E-state index in [1.165, 1.54) is 4.90 Å². The SMILES string of the molecule is CCc1ccccc1CC(C(O)C1COC(OCC(C)(C)C)C(C)N1C(=O)OC(C)(C)C)[N+](=O)[O-]. The number of amides is 1. The second kappa shape index (κ2) is 11.7. The van der Waals surface area contributed by atoms with E-state index >= 15 is 0 Å². The summed E-state index contributed by atoms with van der Waals surface area (Å²) < 4.78 is 17.5. The number of morpholine rings is 1. The molecule has 0 spiro atoms. The summed E-state index contributed by atoms with van der Waals surface area (Å²) in [7, 11) is 0. The molecule has 1 fully saturated rings. The van der Waals surface area contributed by atoms with Gasteiger partial charge >= 0.3 is 6.09 Å². The molecule has 0 aliphatic carbocycles. The van der Waals surface area contributed by atoms with Crippen LogP contribution in [0.4, 0.5) is 4.79 Å². The van der Waals surface area contributed by atoms with E-state index in [1.807, 2.05) is 52.0 Å². The fourth-order valence-electron chi connectivity index (χ4n) is 4.15. The predicted molar refractivity (Wildman–Crippen MR) is 133 cm³/mol. The summed E-state index contributed by atoms with van der Waals surface area (Å²) in [4.78, 5) is 26.2. The number of hydrogen-bond acceptors (Lipinski definition) is 7. The molecule has 1 aromatic rings. The van der Waals surface area contributed by atoms with Gasteiger partial charge in [0.2, 0.25) is 6.04 Å². The maximum absolute atomic E-state index is 13.2. The van der Waals surface area contributed by atoms with Gasteiger partial charge in [-0.25, -0.2) is 4.79 Å². The molecule has 9 nitrogen and oxygen atoms in total. The molecule has 1 aliphatic heterocycles. The highest BCUT2D eigenvalue weighted by atomic mass is 16.7. The molecule has 198 valence electrons. The Balaban J connectivity index is 2.35. The first-order valence-corrected chi connectivity index (χ1v) is 12.3. The average molecular weight is 495 g/mol. The number of ether oxygens (including phenoxy) is 3. The molecule has 1 aliphatic rings. The smallest absolute Gasteiger partial charge is 0.411 e. The van der Waals surface area contributed by atoms with Crippen LogP contribution in [0.25, 0.3) is 0 Å². The largest absolute Gasteiger partial charge is 0.444 e. The number of hydrogen-bond donors (Lipinski definition) is 1. The molecule has 2 rings (SSSR count). The summed E-state index contributed by atoms with van der Waals surface area (Å²) >= 11 is 0. The molecule has 1 saturated heterocycles. The highest BCUT2D eigenvalue weighted by molar-refractivity contribution is 5.69. The molecule has 9 heteroatoms. The van der Waals surface area contributed by atoms with Crippen molar-refractivity contribution in [3.63, 3.8) is 0 Å². The van der Waals surface area contributed by atoms with Crippen LogP contribution in [0, 0.1) is 15.5 Å². The van der Waals surface area contributed by atoms with Crippen molar-refractivity contribution in [3.05, 3.63) is 45.5 Å². The van der Waals surface area contributed by atoms with Gasteiger partial charge in [-0.05, 0) is 50.7 Å². The Morgan fingerprint density at radius 2 is 1.83 bits per heavy atom. The molecule has 35 heavy (non-hydrogen) atoms. The number of carbonyl (C=O) groups is 1. The van der Waals surface area contributed by atoms with Crippen molar-refractivity contribution in [1.82, 2.24) is 4.90 Å². The standard InChI is InChI=1S/C26H42N2O7/c1-9-18-12-10-11-13-19(18)14-20(28(31)32)22(29)21-15-33-23(34-16-25(3,4)5)17(2)27(21)24(30)35-26(6,7)8/h10-13,17,20-23,29H,9,14-16H2,1-8H3. The van der Waals surface area contributed by atoms with E-state index in [-0.39, 0.29) is 18.4 Å². The molecule has 1 aromatic carbocycles. The van der Waals surface area contributed by atoms with Crippen molar-refractivity contribution >= 4 is 6.09 Å². The van der Waals surface area contributed by atoms with Crippen LogP contribution < -0.4 is 0 Å². The quantitative estimate of drug-likeness (QED) is 0.426. The van der Waals surface area contributed by atoms with Crippen LogP contribution >= 0.6 is 0 Å². The zero-order valence-electron chi connectivity index (χ0n) is 22.3. The molecular formula is C26H42N2O7. The summed E-state index contributed by atoms with van der Waals surface area (Å²) in [6, 6.07) is 4.54. The van der Waals surface area contributed by atoms with Crippen molar-refractivity contribution in [2.24, 2.45) is 5.41 Å². The van der Waals surface area contributed by atoms with E-state index in [0.29, 0.717) is 6.61 Å². The summed E-state index contributed by atoms with van der Waals surface area (Å²) in [5.74, 6) is 0. The maximum Gasteiger partial charge on any atom is 0.411 e. The third-order valence-electron chi connectivity index (χ3n) is 5.89. The zero-order chi connectivity index (χ0) is 26.6. The van der Waals surface area contributed by atoms with Crippen molar-refractivity contribution < 1.29 is 29.0 Å². The molecule has 0 aromatic heterocycles. The minimum absolute atomic E-state index is 0.0369. The monoisotopic (exact) mass is 494 g/mol. The van der Waals surface area contributed by atoms with E-state index < -0.39 is 47.1 Å². The van der Waals surface area contributed by atoms with E-state index in [4.69, 9.17) is 14.2 Å². The fourth-order valence-corrected chi connectivity index (χ4v) is 4.15. The van der Waals surface area contributed by atoms with E-state index in [0.717, 1.165) is 17.5 Å². The molecule has 1 heterocycles. The lowest BCUT2D eigenvalue weighted by molar-refractivity contribution is -0.536. The van der Waals surface area contributed by atoms with Gasteiger partial charge in [-0.3, -0.25) is 15.0 Å². The highest BCUT2D eigenvalue weighted by Crippen LogP contribution is 2.29. The summed E-state index contributed by atoms with van der Waals surface area (Å²) in [6.07, 6.45) is -2.14. The number of benzene rings is 1. The Bertz CT molecular complexity index is 862. The lowest BCUT2D eigenvalue weighted by atomic mass is 9.92. The first-order valence-electron chi connectivity index (χ1n) is 12.3. The Hall–Kier alpha value is -2.23. The Morgan fingerprint density at radius 1 is 1.23 bits per heavy atom. The maximum atomic E-state index is 13.2. The minimum Gasteiger partial charge on any atom is -0.444 e. The van der Waals surface area contributed by atoms with Gasteiger partial charge in [0, 0.05) is 11.3 Å². The van der Waals surface area contributed by atoms with Gasteiger partial charge in [-0.15, -0.1) is 0 Å². The number of aliphatic hydroxyl groups is 1. The number of carbonyl (C=O) groups excluding carboxylic acids is 1. The van der Waals surface area contributed by atoms with Gasteiger partial charge in [0.1, 0.15) is 11.7 Å². The number of nitro groups is 1. The van der Waals surface area contributed by atoms with Crippen LogP contribution in [0.5, 0.6) is 0 Å². The lowest BCUT2D eigenvalue weighted by Gasteiger charge is -2.46.